The van der Waals surface area contributed by atoms with Crippen molar-refractivity contribution in [1.82, 2.24) is 24.1 Å². The summed E-state index contributed by atoms with van der Waals surface area (Å²) in [6.07, 6.45) is 8.64. The number of amides is 1. The molecule has 25 heavy (non-hydrogen) atoms. The minimum absolute atomic E-state index is 0.0441. The maximum absolute atomic E-state index is 13.0. The minimum Gasteiger partial charge on any atom is -0.334 e. The fourth-order valence-electron chi connectivity index (χ4n) is 3.40. The second-order valence-corrected chi connectivity index (χ2v) is 6.44. The van der Waals surface area contributed by atoms with Crippen molar-refractivity contribution >= 4 is 11.6 Å². The third-order valence-corrected chi connectivity index (χ3v) is 4.64. The predicted molar refractivity (Wildman–Crippen MR) is 92.5 cm³/mol. The van der Waals surface area contributed by atoms with E-state index in [1.165, 1.54) is 10.6 Å². The van der Waals surface area contributed by atoms with Crippen LogP contribution in [0.25, 0.3) is 5.65 Å². The average Bonchev–Trinajstić information content (AvgIpc) is 3.24. The van der Waals surface area contributed by atoms with Crippen LogP contribution in [-0.4, -0.2) is 42.6 Å². The van der Waals surface area contributed by atoms with Gasteiger partial charge in [-0.2, -0.15) is 5.10 Å². The molecule has 0 unspecified atom stereocenters. The largest absolute Gasteiger partial charge is 0.334 e. The monoisotopic (exact) mass is 337 g/mol. The zero-order chi connectivity index (χ0) is 17.4. The highest BCUT2D eigenvalue weighted by molar-refractivity contribution is 5.94. The van der Waals surface area contributed by atoms with Crippen LogP contribution < -0.4 is 5.56 Å². The molecular formula is C18H19N5O2. The first-order valence-electron chi connectivity index (χ1n) is 8.40. The SMILES string of the molecule is Cc1cnn(C[C@@H]2CCCN2C(=O)c2cnc3ccccn3c2=O)c1. The lowest BCUT2D eigenvalue weighted by Gasteiger charge is -2.24. The van der Waals surface area contributed by atoms with Gasteiger partial charge >= 0.3 is 0 Å². The van der Waals surface area contributed by atoms with Crippen molar-refractivity contribution in [2.24, 2.45) is 0 Å². The number of likely N-dealkylation sites (tertiary alicyclic amines) is 1. The van der Waals surface area contributed by atoms with Gasteiger partial charge in [-0.05, 0) is 37.5 Å². The Kier molecular flexibility index (Phi) is 3.83. The maximum atomic E-state index is 13.0. The summed E-state index contributed by atoms with van der Waals surface area (Å²) >= 11 is 0. The van der Waals surface area contributed by atoms with Crippen LogP contribution >= 0.6 is 0 Å². The number of pyridine rings is 1. The molecule has 1 amide bonds. The Hall–Kier alpha value is -2.96. The third-order valence-electron chi connectivity index (χ3n) is 4.64. The summed E-state index contributed by atoms with van der Waals surface area (Å²) in [7, 11) is 0. The normalized spacial score (nSPS) is 17.3. The first kappa shape index (κ1) is 15.6. The first-order valence-corrected chi connectivity index (χ1v) is 8.40. The molecule has 128 valence electrons. The van der Waals surface area contributed by atoms with Crippen LogP contribution in [0.4, 0.5) is 0 Å². The Morgan fingerprint density at radius 1 is 1.32 bits per heavy atom. The van der Waals surface area contributed by atoms with Crippen molar-refractivity contribution in [1.29, 1.82) is 0 Å². The molecule has 1 aliphatic rings. The Labute approximate surface area is 144 Å². The molecule has 0 aliphatic carbocycles. The number of hydrogen-bond donors (Lipinski definition) is 0. The summed E-state index contributed by atoms with van der Waals surface area (Å²) in [6.45, 7) is 3.28. The molecule has 7 heteroatoms. The number of nitrogens with zero attached hydrogens (tertiary/aromatic N) is 5. The standard InChI is InChI=1S/C18H19N5O2/c1-13-9-20-21(11-13)12-14-5-4-8-22(14)17(24)15-10-19-16-6-2-3-7-23(16)18(15)25/h2-3,6-7,9-11,14H,4-5,8,12H2,1H3/t14-/m0/s1. The second-order valence-electron chi connectivity index (χ2n) is 6.44. The average molecular weight is 337 g/mol. The van der Waals surface area contributed by atoms with Crippen LogP contribution in [0.15, 0.2) is 47.8 Å². The lowest BCUT2D eigenvalue weighted by Crippen LogP contribution is -2.41. The van der Waals surface area contributed by atoms with Gasteiger partial charge in [0.15, 0.2) is 0 Å². The van der Waals surface area contributed by atoms with E-state index in [0.29, 0.717) is 18.7 Å². The Bertz CT molecular complexity index is 990. The molecule has 3 aromatic rings. The van der Waals surface area contributed by atoms with Gasteiger partial charge in [0.2, 0.25) is 0 Å². The fourth-order valence-corrected chi connectivity index (χ4v) is 3.40. The van der Waals surface area contributed by atoms with E-state index in [4.69, 9.17) is 0 Å². The number of aromatic nitrogens is 4. The summed E-state index contributed by atoms with van der Waals surface area (Å²) in [6, 6.07) is 5.35. The van der Waals surface area contributed by atoms with Crippen molar-refractivity contribution in [2.45, 2.75) is 32.4 Å². The van der Waals surface area contributed by atoms with Crippen LogP contribution in [-0.2, 0) is 6.54 Å². The van der Waals surface area contributed by atoms with Gasteiger partial charge in [0, 0.05) is 25.1 Å². The molecule has 3 aromatic heterocycles. The van der Waals surface area contributed by atoms with Crippen LogP contribution in [0.2, 0.25) is 0 Å². The summed E-state index contributed by atoms with van der Waals surface area (Å²) in [5.74, 6) is -0.248. The van der Waals surface area contributed by atoms with Crippen LogP contribution in [0.1, 0.15) is 28.8 Å². The second kappa shape index (κ2) is 6.16. The van der Waals surface area contributed by atoms with Gasteiger partial charge in [-0.15, -0.1) is 0 Å². The molecule has 0 bridgehead atoms. The van der Waals surface area contributed by atoms with E-state index in [2.05, 4.69) is 10.1 Å². The van der Waals surface area contributed by atoms with E-state index in [0.717, 1.165) is 18.4 Å². The molecule has 1 saturated heterocycles. The van der Waals surface area contributed by atoms with E-state index >= 15 is 0 Å². The van der Waals surface area contributed by atoms with Gasteiger partial charge in [-0.3, -0.25) is 18.7 Å². The first-order chi connectivity index (χ1) is 12.1. The van der Waals surface area contributed by atoms with Gasteiger partial charge in [0.25, 0.3) is 11.5 Å². The van der Waals surface area contributed by atoms with E-state index in [9.17, 15) is 9.59 Å². The lowest BCUT2D eigenvalue weighted by atomic mass is 10.2. The molecule has 0 N–H and O–H groups in total. The fraction of sp³-hybridized carbons (Fsp3) is 0.333. The number of aryl methyl sites for hydroxylation is 1. The highest BCUT2D eigenvalue weighted by atomic mass is 16.2. The van der Waals surface area contributed by atoms with Gasteiger partial charge in [0.05, 0.1) is 18.8 Å². The molecular weight excluding hydrogens is 318 g/mol. The molecule has 0 saturated carbocycles. The predicted octanol–water partition coefficient (Wildman–Crippen LogP) is 1.50. The van der Waals surface area contributed by atoms with Crippen molar-refractivity contribution in [3.05, 3.63) is 64.5 Å². The number of hydrogen-bond acceptors (Lipinski definition) is 4. The Morgan fingerprint density at radius 2 is 2.20 bits per heavy atom. The van der Waals surface area contributed by atoms with E-state index in [1.54, 1.807) is 29.4 Å². The number of carbonyl (C=O) groups excluding carboxylic acids is 1. The molecule has 1 atom stereocenters. The number of fused-ring (bicyclic) bond motifs is 1. The zero-order valence-corrected chi connectivity index (χ0v) is 14.0. The molecule has 1 aliphatic heterocycles. The molecule has 0 spiro atoms. The summed E-state index contributed by atoms with van der Waals surface area (Å²) in [5.41, 5.74) is 1.42. The van der Waals surface area contributed by atoms with Crippen molar-refractivity contribution in [3.8, 4) is 0 Å². The maximum Gasteiger partial charge on any atom is 0.270 e. The Balaban J connectivity index is 1.63. The molecule has 1 fully saturated rings. The molecule has 0 aromatic carbocycles. The van der Waals surface area contributed by atoms with Crippen LogP contribution in [0.3, 0.4) is 0 Å². The molecule has 7 nitrogen and oxygen atoms in total. The van der Waals surface area contributed by atoms with Crippen LogP contribution in [0.5, 0.6) is 0 Å². The Morgan fingerprint density at radius 3 is 3.00 bits per heavy atom. The summed E-state index contributed by atoms with van der Waals surface area (Å²) in [5, 5.41) is 4.30. The van der Waals surface area contributed by atoms with Gasteiger partial charge in [-0.25, -0.2) is 4.98 Å². The van der Waals surface area contributed by atoms with Gasteiger partial charge in [0.1, 0.15) is 11.2 Å². The molecule has 4 rings (SSSR count). The van der Waals surface area contributed by atoms with Crippen molar-refractivity contribution in [2.75, 3.05) is 6.54 Å². The molecule has 4 heterocycles. The highest BCUT2D eigenvalue weighted by Crippen LogP contribution is 2.20. The van der Waals surface area contributed by atoms with E-state index in [1.807, 2.05) is 23.9 Å². The van der Waals surface area contributed by atoms with Crippen molar-refractivity contribution in [3.63, 3.8) is 0 Å². The van der Waals surface area contributed by atoms with E-state index in [-0.39, 0.29) is 23.1 Å². The highest BCUT2D eigenvalue weighted by Gasteiger charge is 2.31. The quantitative estimate of drug-likeness (QED) is 0.726. The lowest BCUT2D eigenvalue weighted by molar-refractivity contribution is 0.0719. The number of carbonyl (C=O) groups is 1. The third kappa shape index (κ3) is 2.82. The molecule has 0 radical (unpaired) electrons. The topological polar surface area (TPSA) is 72.5 Å². The summed E-state index contributed by atoms with van der Waals surface area (Å²) in [4.78, 5) is 31.6. The van der Waals surface area contributed by atoms with Gasteiger partial charge in [-0.1, -0.05) is 6.07 Å². The van der Waals surface area contributed by atoms with Gasteiger partial charge < -0.3 is 4.90 Å². The smallest absolute Gasteiger partial charge is 0.270 e. The van der Waals surface area contributed by atoms with E-state index < -0.39 is 0 Å². The minimum atomic E-state index is -0.323. The van der Waals surface area contributed by atoms with Crippen molar-refractivity contribution < 1.29 is 4.79 Å². The van der Waals surface area contributed by atoms with Crippen LogP contribution in [0, 0.1) is 6.92 Å². The zero-order valence-electron chi connectivity index (χ0n) is 14.0. The summed E-state index contributed by atoms with van der Waals surface area (Å²) < 4.78 is 3.27. The number of rotatable bonds is 3.